The highest BCUT2D eigenvalue weighted by Gasteiger charge is 2.24. The minimum atomic E-state index is -4.72. The molecule has 36 heavy (non-hydrogen) atoms. The van der Waals surface area contributed by atoms with E-state index in [1.54, 1.807) is 0 Å². The number of benzene rings is 2. The Bertz CT molecular complexity index is 1520. The van der Waals surface area contributed by atoms with Gasteiger partial charge in [-0.15, -0.1) is 10.2 Å². The summed E-state index contributed by atoms with van der Waals surface area (Å²) in [7, 11) is -7.96. The molecule has 2 aromatic carbocycles. The summed E-state index contributed by atoms with van der Waals surface area (Å²) in [5, 5.41) is 35.4. The number of carbonyl (C=O) groups excluding carboxylic acids is 1. The third-order valence-corrected chi connectivity index (χ3v) is 6.47. The van der Waals surface area contributed by atoms with E-state index >= 15 is 0 Å². The Morgan fingerprint density at radius 1 is 1.14 bits per heavy atom. The number of carbonyl (C=O) groups is 1. The van der Waals surface area contributed by atoms with Crippen molar-refractivity contribution in [2.45, 2.75) is 15.9 Å². The zero-order chi connectivity index (χ0) is 27.1. The first-order chi connectivity index (χ1) is 16.8. The average Bonchev–Trinajstić information content (AvgIpc) is 2.83. The second-order valence-electron chi connectivity index (χ2n) is 6.32. The normalized spacial score (nSPS) is 12.7. The van der Waals surface area contributed by atoms with Gasteiger partial charge >= 0.3 is 0 Å². The second-order valence-corrected chi connectivity index (χ2v) is 9.53. The quantitative estimate of drug-likeness (QED) is 0.0922. The van der Waals surface area contributed by atoms with Crippen LogP contribution in [-0.2, 0) is 29.7 Å². The van der Waals surface area contributed by atoms with Crippen LogP contribution in [0.4, 0.5) is 17.1 Å². The van der Waals surface area contributed by atoms with Gasteiger partial charge in [0.1, 0.15) is 4.90 Å². The van der Waals surface area contributed by atoms with E-state index in [0.29, 0.717) is 6.07 Å². The summed E-state index contributed by atoms with van der Waals surface area (Å²) in [6.07, 6.45) is 2.00. The predicted molar refractivity (Wildman–Crippen MR) is 118 cm³/mol. The number of nitro groups is 1. The van der Waals surface area contributed by atoms with E-state index in [0.717, 1.165) is 37.6 Å². The number of rotatable bonds is 9. The van der Waals surface area contributed by atoms with Crippen LogP contribution < -0.4 is 0 Å². The summed E-state index contributed by atoms with van der Waals surface area (Å²) in [5.74, 6) is -1.05. The number of azo groups is 1. The Morgan fingerprint density at radius 2 is 1.72 bits per heavy atom. The van der Waals surface area contributed by atoms with Crippen molar-refractivity contribution in [3.8, 4) is 12.4 Å². The van der Waals surface area contributed by atoms with Gasteiger partial charge in [0, 0.05) is 19.4 Å². The minimum absolute atomic E-state index is 0.0868. The number of amides is 1. The number of sulfonamides is 1. The lowest BCUT2D eigenvalue weighted by Gasteiger charge is -2.07. The van der Waals surface area contributed by atoms with Gasteiger partial charge in [-0.3, -0.25) is 24.5 Å². The number of methoxy groups -OCH3 is 1. The largest absolute Gasteiger partial charge is 0.366 e. The van der Waals surface area contributed by atoms with E-state index in [-0.39, 0.29) is 14.9 Å². The van der Waals surface area contributed by atoms with Crippen LogP contribution in [-0.4, -0.2) is 56.0 Å². The Hall–Kier alpha value is -4.62. The lowest BCUT2D eigenvalue weighted by molar-refractivity contribution is -0.384. The van der Waals surface area contributed by atoms with Crippen LogP contribution in [0, 0.1) is 33.0 Å². The van der Waals surface area contributed by atoms with Gasteiger partial charge in [0.05, 0.1) is 15.5 Å². The van der Waals surface area contributed by atoms with Gasteiger partial charge in [-0.1, -0.05) is 4.31 Å². The molecule has 0 aliphatic carbocycles. The molecule has 1 amide bonds. The molecule has 0 fully saturated rings. The molecule has 1 atom stereocenters. The first-order valence-electron chi connectivity index (χ1n) is 9.08. The van der Waals surface area contributed by atoms with Crippen LogP contribution in [0.15, 0.2) is 67.5 Å². The van der Waals surface area contributed by atoms with E-state index in [2.05, 4.69) is 15.2 Å². The van der Waals surface area contributed by atoms with E-state index in [9.17, 15) is 31.7 Å². The van der Waals surface area contributed by atoms with Crippen LogP contribution in [0.2, 0.25) is 0 Å². The predicted octanol–water partition coefficient (Wildman–Crippen LogP) is 1.82. The SMILES string of the molecule is COC(C=Nc1ccc(S(=O)(=O)N(C#N)C#N)cc1)C(=O)N=Nc1ccc(S(=O)(=O)O)cc1[N+](=O)[O-]. The van der Waals surface area contributed by atoms with Crippen molar-refractivity contribution in [3.05, 3.63) is 52.6 Å². The summed E-state index contributed by atoms with van der Waals surface area (Å²) in [5.41, 5.74) is -1.17. The Morgan fingerprint density at radius 3 is 2.22 bits per heavy atom. The molecule has 0 saturated carbocycles. The van der Waals surface area contributed by atoms with E-state index in [1.165, 1.54) is 24.5 Å². The minimum Gasteiger partial charge on any atom is -0.366 e. The molecule has 18 heteroatoms. The maximum Gasteiger partial charge on any atom is 0.298 e. The van der Waals surface area contributed by atoms with Crippen LogP contribution in [0.1, 0.15) is 0 Å². The zero-order valence-electron chi connectivity index (χ0n) is 17.9. The van der Waals surface area contributed by atoms with Gasteiger partial charge in [-0.2, -0.15) is 27.4 Å². The van der Waals surface area contributed by atoms with Crippen molar-refractivity contribution in [2.75, 3.05) is 7.11 Å². The highest BCUT2D eigenvalue weighted by Crippen LogP contribution is 2.30. The van der Waals surface area contributed by atoms with Crippen molar-refractivity contribution in [1.82, 2.24) is 4.31 Å². The molecular weight excluding hydrogens is 522 g/mol. The van der Waals surface area contributed by atoms with Gasteiger partial charge in [-0.05, 0) is 36.4 Å². The molecule has 186 valence electrons. The Labute approximate surface area is 203 Å². The van der Waals surface area contributed by atoms with Crippen LogP contribution in [0.25, 0.3) is 0 Å². The van der Waals surface area contributed by atoms with Crippen molar-refractivity contribution in [1.29, 1.82) is 10.5 Å². The van der Waals surface area contributed by atoms with Crippen molar-refractivity contribution in [2.24, 2.45) is 15.2 Å². The molecule has 2 aromatic rings. The van der Waals surface area contributed by atoms with E-state index in [4.69, 9.17) is 19.8 Å². The molecule has 0 radical (unpaired) electrons. The van der Waals surface area contributed by atoms with Crippen molar-refractivity contribution in [3.63, 3.8) is 0 Å². The number of nitrogens with zero attached hydrogens (tertiary/aromatic N) is 7. The van der Waals surface area contributed by atoms with Gasteiger partial charge < -0.3 is 4.74 Å². The number of nitro benzene ring substituents is 1. The fourth-order valence-electron chi connectivity index (χ4n) is 2.37. The number of hydrogen-bond acceptors (Lipinski definition) is 12. The first-order valence-corrected chi connectivity index (χ1v) is 12.0. The second kappa shape index (κ2) is 11.2. The third kappa shape index (κ3) is 6.49. The fraction of sp³-hybridized carbons (Fsp3) is 0.111. The molecule has 0 spiro atoms. The monoisotopic (exact) mass is 535 g/mol. The molecule has 1 unspecified atom stereocenters. The van der Waals surface area contributed by atoms with Gasteiger partial charge in [-0.25, -0.2) is 0 Å². The third-order valence-electron chi connectivity index (χ3n) is 4.11. The van der Waals surface area contributed by atoms with Crippen molar-refractivity contribution >= 4 is 49.3 Å². The molecule has 0 saturated heterocycles. The Balaban J connectivity index is 2.23. The van der Waals surface area contributed by atoms with Crippen LogP contribution in [0.3, 0.4) is 0 Å². The summed E-state index contributed by atoms with van der Waals surface area (Å²) in [4.78, 5) is 25.3. The summed E-state index contributed by atoms with van der Waals surface area (Å²) in [6, 6.07) is 6.81. The molecule has 0 aromatic heterocycles. The number of hydrogen-bond donors (Lipinski definition) is 1. The zero-order valence-corrected chi connectivity index (χ0v) is 19.5. The molecular formula is C18H13N7O9S2. The first kappa shape index (κ1) is 27.6. The Kier molecular flexibility index (Phi) is 8.60. The molecule has 0 aliphatic rings. The van der Waals surface area contributed by atoms with Crippen molar-refractivity contribution < 1.29 is 35.8 Å². The van der Waals surface area contributed by atoms with Gasteiger partial charge in [0.2, 0.25) is 12.4 Å². The topological polar surface area (TPSA) is 246 Å². The molecule has 0 heterocycles. The fourth-order valence-corrected chi connectivity index (χ4v) is 3.78. The lowest BCUT2D eigenvalue weighted by atomic mass is 10.3. The summed E-state index contributed by atoms with van der Waals surface area (Å²) < 4.78 is 60.4. The highest BCUT2D eigenvalue weighted by atomic mass is 32.2. The maximum absolute atomic E-state index is 12.3. The van der Waals surface area contributed by atoms with Gasteiger partial charge in [0.25, 0.3) is 31.7 Å². The summed E-state index contributed by atoms with van der Waals surface area (Å²) >= 11 is 0. The van der Waals surface area contributed by atoms with Gasteiger partial charge in [0.15, 0.2) is 11.8 Å². The number of nitriles is 2. The number of ether oxygens (including phenoxy) is 1. The average molecular weight is 535 g/mol. The van der Waals surface area contributed by atoms with E-state index < -0.39 is 53.3 Å². The number of aliphatic imine (C=N–C) groups is 1. The lowest BCUT2D eigenvalue weighted by Crippen LogP contribution is -2.22. The molecule has 0 bridgehead atoms. The summed E-state index contributed by atoms with van der Waals surface area (Å²) in [6.45, 7) is 0. The molecule has 0 aliphatic heterocycles. The smallest absolute Gasteiger partial charge is 0.298 e. The van der Waals surface area contributed by atoms with E-state index in [1.807, 2.05) is 0 Å². The maximum atomic E-state index is 12.3. The standard InChI is InChI=1S/C18H13N7O9S2/c1-34-17(9-21-12-2-4-13(5-3-12)35(29,30)24(10-19)11-20)18(26)23-22-15-7-6-14(36(31,32)33)8-16(15)25(27)28/h2-9,17H,1H3,(H,31,32,33). The molecule has 16 nitrogen and oxygen atoms in total. The molecule has 2 rings (SSSR count). The van der Waals surface area contributed by atoms with Crippen LogP contribution >= 0.6 is 0 Å². The van der Waals surface area contributed by atoms with Crippen LogP contribution in [0.5, 0.6) is 0 Å². The highest BCUT2D eigenvalue weighted by molar-refractivity contribution is 7.89. The molecule has 1 N–H and O–H groups in total.